The Hall–Kier alpha value is -4.19. The molecule has 0 spiro atoms. The van der Waals surface area contributed by atoms with Crippen LogP contribution in [0.1, 0.15) is 303 Å². The second kappa shape index (κ2) is 66.3. The Morgan fingerprint density at radius 2 is 0.494 bits per heavy atom. The molecule has 79 heavy (non-hydrogen) atoms. The molecular weight excluding hydrogens is 973 g/mol. The average molecular weight is 1100 g/mol. The first-order valence-corrected chi connectivity index (χ1v) is 33.0. The molecule has 0 aromatic heterocycles. The summed E-state index contributed by atoms with van der Waals surface area (Å²) < 4.78 is 16.9. The van der Waals surface area contributed by atoms with Crippen molar-refractivity contribution in [3.63, 3.8) is 0 Å². The Kier molecular flexibility index (Phi) is 62.8. The summed E-state index contributed by atoms with van der Waals surface area (Å²) in [6.07, 6.45) is 92.1. The highest BCUT2D eigenvalue weighted by molar-refractivity contribution is 5.71. The van der Waals surface area contributed by atoms with Gasteiger partial charge in [0, 0.05) is 19.3 Å². The molecule has 0 heterocycles. The lowest BCUT2D eigenvalue weighted by Crippen LogP contribution is -2.30. The van der Waals surface area contributed by atoms with Gasteiger partial charge in [0.2, 0.25) is 0 Å². The minimum atomic E-state index is -0.799. The van der Waals surface area contributed by atoms with Gasteiger partial charge in [-0.1, -0.05) is 277 Å². The molecular formula is C73H122O6. The summed E-state index contributed by atoms with van der Waals surface area (Å²) in [6.45, 7) is 6.39. The topological polar surface area (TPSA) is 78.9 Å². The summed E-state index contributed by atoms with van der Waals surface area (Å²) in [5.41, 5.74) is 0. The standard InChI is InChI=1S/C73H122O6/c1-4-7-10-13-16-19-22-25-28-30-32-33-34-35-36-37-38-39-41-42-45-48-51-54-57-60-63-66-72(75)78-69-70(68-77-71(74)65-62-59-56-53-50-47-44-27-24-21-18-15-12-9-6-3)79-73(76)67-64-61-58-55-52-49-46-43-40-31-29-26-23-20-17-14-11-8-5-2/h8-9,11-12,17-18,20-22,25-27,29-30,32,34-35,40,43-44,70H,4-7,10,13-16,19,23-24,28,31,33,36-39,41-42,45-69H2,1-3H3/b11-8-,12-9-,20-17-,21-18-,25-22-,29-26-,32-30-,35-34-,43-40-,44-27-. The van der Waals surface area contributed by atoms with Gasteiger partial charge in [0.25, 0.3) is 0 Å². The van der Waals surface area contributed by atoms with Crippen molar-refractivity contribution in [2.75, 3.05) is 13.2 Å². The lowest BCUT2D eigenvalue weighted by Gasteiger charge is -2.18. The van der Waals surface area contributed by atoms with E-state index in [1.807, 2.05) is 0 Å². The van der Waals surface area contributed by atoms with Gasteiger partial charge >= 0.3 is 17.9 Å². The first kappa shape index (κ1) is 74.8. The number of carbonyl (C=O) groups excluding carboxylic acids is 3. The molecule has 1 unspecified atom stereocenters. The molecule has 0 saturated heterocycles. The van der Waals surface area contributed by atoms with Crippen molar-refractivity contribution in [1.29, 1.82) is 0 Å². The summed E-state index contributed by atoms with van der Waals surface area (Å²) in [5, 5.41) is 0. The van der Waals surface area contributed by atoms with Gasteiger partial charge in [0.05, 0.1) is 0 Å². The average Bonchev–Trinajstić information content (AvgIpc) is 3.45. The van der Waals surface area contributed by atoms with E-state index in [9.17, 15) is 14.4 Å². The van der Waals surface area contributed by atoms with E-state index in [4.69, 9.17) is 14.2 Å². The molecule has 0 amide bonds. The second-order valence-corrected chi connectivity index (χ2v) is 21.6. The largest absolute Gasteiger partial charge is 0.462 e. The summed E-state index contributed by atoms with van der Waals surface area (Å²) in [6, 6.07) is 0. The number of unbranched alkanes of at least 4 members (excludes halogenated alkanes) is 28. The van der Waals surface area contributed by atoms with E-state index in [1.54, 1.807) is 0 Å². The molecule has 0 fully saturated rings. The summed E-state index contributed by atoms with van der Waals surface area (Å²) in [4.78, 5) is 38.4. The molecule has 6 heteroatoms. The molecule has 6 nitrogen and oxygen atoms in total. The smallest absolute Gasteiger partial charge is 0.306 e. The van der Waals surface area contributed by atoms with Crippen LogP contribution in [-0.2, 0) is 28.6 Å². The number of esters is 3. The van der Waals surface area contributed by atoms with Crippen LogP contribution in [0.5, 0.6) is 0 Å². The molecule has 0 bridgehead atoms. The normalized spacial score (nSPS) is 12.9. The molecule has 450 valence electrons. The number of allylic oxidation sites excluding steroid dienone is 20. The molecule has 0 aliphatic carbocycles. The van der Waals surface area contributed by atoms with Crippen LogP contribution in [0.25, 0.3) is 0 Å². The van der Waals surface area contributed by atoms with Gasteiger partial charge in [-0.2, -0.15) is 0 Å². The van der Waals surface area contributed by atoms with Crippen molar-refractivity contribution in [1.82, 2.24) is 0 Å². The number of rotatable bonds is 59. The highest BCUT2D eigenvalue weighted by Gasteiger charge is 2.19. The van der Waals surface area contributed by atoms with Crippen molar-refractivity contribution in [2.45, 2.75) is 309 Å². The zero-order valence-electron chi connectivity index (χ0n) is 51.6. The molecule has 0 saturated carbocycles. The van der Waals surface area contributed by atoms with Gasteiger partial charge in [-0.3, -0.25) is 14.4 Å². The number of hydrogen-bond donors (Lipinski definition) is 0. The van der Waals surface area contributed by atoms with Gasteiger partial charge in [0.15, 0.2) is 6.10 Å². The van der Waals surface area contributed by atoms with E-state index >= 15 is 0 Å². The van der Waals surface area contributed by atoms with Crippen LogP contribution in [0.2, 0.25) is 0 Å². The summed E-state index contributed by atoms with van der Waals surface area (Å²) in [5.74, 6) is -0.920. The lowest BCUT2D eigenvalue weighted by atomic mass is 10.0. The highest BCUT2D eigenvalue weighted by atomic mass is 16.6. The Morgan fingerprint density at radius 1 is 0.266 bits per heavy atom. The zero-order valence-corrected chi connectivity index (χ0v) is 51.6. The maximum Gasteiger partial charge on any atom is 0.306 e. The Labute approximate surface area is 488 Å². The van der Waals surface area contributed by atoms with E-state index < -0.39 is 6.10 Å². The van der Waals surface area contributed by atoms with Crippen LogP contribution >= 0.6 is 0 Å². The third kappa shape index (κ3) is 64.5. The van der Waals surface area contributed by atoms with Crippen molar-refractivity contribution < 1.29 is 28.6 Å². The molecule has 0 aliphatic rings. The molecule has 0 N–H and O–H groups in total. The fraction of sp³-hybridized carbons (Fsp3) is 0.685. The van der Waals surface area contributed by atoms with Crippen molar-refractivity contribution in [2.24, 2.45) is 0 Å². The number of carbonyl (C=O) groups is 3. The third-order valence-corrected chi connectivity index (χ3v) is 13.9. The molecule has 1 atom stereocenters. The van der Waals surface area contributed by atoms with Gasteiger partial charge in [-0.05, 0) is 128 Å². The molecule has 0 aromatic carbocycles. The zero-order chi connectivity index (χ0) is 57.1. The Balaban J connectivity index is 4.36. The van der Waals surface area contributed by atoms with Crippen LogP contribution in [0.15, 0.2) is 122 Å². The maximum atomic E-state index is 12.9. The highest BCUT2D eigenvalue weighted by Crippen LogP contribution is 2.16. The minimum absolute atomic E-state index is 0.0924. The van der Waals surface area contributed by atoms with E-state index in [2.05, 4.69) is 142 Å². The predicted octanol–water partition coefficient (Wildman–Crippen LogP) is 22.8. The number of hydrogen-bond acceptors (Lipinski definition) is 6. The van der Waals surface area contributed by atoms with E-state index in [0.717, 1.165) is 148 Å². The fourth-order valence-corrected chi connectivity index (χ4v) is 9.04. The van der Waals surface area contributed by atoms with Crippen LogP contribution < -0.4 is 0 Å². The second-order valence-electron chi connectivity index (χ2n) is 21.6. The first-order valence-electron chi connectivity index (χ1n) is 33.0. The predicted molar refractivity (Wildman–Crippen MR) is 343 cm³/mol. The van der Waals surface area contributed by atoms with E-state index in [1.165, 1.54) is 116 Å². The van der Waals surface area contributed by atoms with E-state index in [0.29, 0.717) is 19.3 Å². The van der Waals surface area contributed by atoms with Crippen LogP contribution in [0, 0.1) is 0 Å². The first-order chi connectivity index (χ1) is 39.0. The monoisotopic (exact) mass is 1090 g/mol. The molecule has 0 aromatic rings. The lowest BCUT2D eigenvalue weighted by molar-refractivity contribution is -0.167. The Bertz CT molecular complexity index is 1640. The Morgan fingerprint density at radius 3 is 0.772 bits per heavy atom. The number of ether oxygens (including phenoxy) is 3. The van der Waals surface area contributed by atoms with Gasteiger partial charge in [-0.25, -0.2) is 0 Å². The van der Waals surface area contributed by atoms with Crippen LogP contribution in [0.3, 0.4) is 0 Å². The summed E-state index contributed by atoms with van der Waals surface area (Å²) in [7, 11) is 0. The van der Waals surface area contributed by atoms with Crippen molar-refractivity contribution in [3.05, 3.63) is 122 Å². The minimum Gasteiger partial charge on any atom is -0.462 e. The molecule has 0 radical (unpaired) electrons. The maximum absolute atomic E-state index is 12.9. The molecule has 0 rings (SSSR count). The fourth-order valence-electron chi connectivity index (χ4n) is 9.04. The third-order valence-electron chi connectivity index (χ3n) is 13.9. The van der Waals surface area contributed by atoms with Crippen LogP contribution in [0.4, 0.5) is 0 Å². The SMILES string of the molecule is CC/C=C\C/C=C\C/C=C\C/C=C\CCCCCCCCC(=O)OC(COC(=O)CCCCCCC/C=C\C/C=C\C/C=C\CC)COC(=O)CCCCCCCCCCCCCC/C=C\C/C=C\C/C=C\CCCCCCC. The van der Waals surface area contributed by atoms with Crippen LogP contribution in [-0.4, -0.2) is 37.2 Å². The quantitative estimate of drug-likeness (QED) is 0.0261. The van der Waals surface area contributed by atoms with Crippen molar-refractivity contribution >= 4 is 17.9 Å². The van der Waals surface area contributed by atoms with Gasteiger partial charge < -0.3 is 14.2 Å². The van der Waals surface area contributed by atoms with Gasteiger partial charge in [-0.15, -0.1) is 0 Å². The van der Waals surface area contributed by atoms with Crippen molar-refractivity contribution in [3.8, 4) is 0 Å². The van der Waals surface area contributed by atoms with Gasteiger partial charge in [0.1, 0.15) is 13.2 Å². The summed E-state index contributed by atoms with van der Waals surface area (Å²) >= 11 is 0. The van der Waals surface area contributed by atoms with E-state index in [-0.39, 0.29) is 31.1 Å². The molecule has 0 aliphatic heterocycles.